The van der Waals surface area contributed by atoms with Crippen molar-refractivity contribution in [3.05, 3.63) is 58.1 Å². The minimum Gasteiger partial charge on any atom is -0.497 e. The molecular formula is C16H15BrN2O3. The molecule has 0 unspecified atom stereocenters. The van der Waals surface area contributed by atoms with E-state index in [4.69, 9.17) is 9.47 Å². The van der Waals surface area contributed by atoms with Gasteiger partial charge in [0.15, 0.2) is 0 Å². The molecule has 6 heteroatoms. The van der Waals surface area contributed by atoms with Crippen LogP contribution in [0.4, 0.5) is 0 Å². The summed E-state index contributed by atoms with van der Waals surface area (Å²) in [5.74, 6) is 1.01. The van der Waals surface area contributed by atoms with E-state index in [2.05, 4.69) is 26.5 Å². The lowest BCUT2D eigenvalue weighted by atomic mass is 10.2. The summed E-state index contributed by atoms with van der Waals surface area (Å²) in [5.41, 5.74) is 3.73. The van der Waals surface area contributed by atoms with Gasteiger partial charge in [0.1, 0.15) is 11.5 Å². The third kappa shape index (κ3) is 4.08. The number of nitrogens with zero attached hydrogens (tertiary/aromatic N) is 1. The van der Waals surface area contributed by atoms with E-state index >= 15 is 0 Å². The largest absolute Gasteiger partial charge is 0.497 e. The first-order valence-corrected chi connectivity index (χ1v) is 7.24. The van der Waals surface area contributed by atoms with Gasteiger partial charge < -0.3 is 9.47 Å². The van der Waals surface area contributed by atoms with Crippen molar-refractivity contribution >= 4 is 28.1 Å². The van der Waals surface area contributed by atoms with E-state index in [-0.39, 0.29) is 5.91 Å². The number of hydrazone groups is 1. The molecule has 0 bridgehead atoms. The Morgan fingerprint density at radius 3 is 2.68 bits per heavy atom. The number of ether oxygens (including phenoxy) is 2. The van der Waals surface area contributed by atoms with Crippen molar-refractivity contribution in [2.24, 2.45) is 5.10 Å². The molecule has 2 aromatic carbocycles. The van der Waals surface area contributed by atoms with Crippen LogP contribution in [0.1, 0.15) is 15.9 Å². The maximum Gasteiger partial charge on any atom is 0.271 e. The molecule has 0 atom stereocenters. The van der Waals surface area contributed by atoms with E-state index in [1.165, 1.54) is 6.21 Å². The van der Waals surface area contributed by atoms with Crippen molar-refractivity contribution in [1.29, 1.82) is 0 Å². The van der Waals surface area contributed by atoms with Crippen molar-refractivity contribution in [2.45, 2.75) is 0 Å². The van der Waals surface area contributed by atoms with Gasteiger partial charge in [-0.1, -0.05) is 22.0 Å². The van der Waals surface area contributed by atoms with E-state index in [0.717, 1.165) is 10.0 Å². The van der Waals surface area contributed by atoms with E-state index in [1.54, 1.807) is 50.6 Å². The highest BCUT2D eigenvalue weighted by atomic mass is 79.9. The van der Waals surface area contributed by atoms with E-state index in [9.17, 15) is 4.79 Å². The molecule has 0 aliphatic carbocycles. The van der Waals surface area contributed by atoms with Gasteiger partial charge in [-0.2, -0.15) is 5.10 Å². The highest BCUT2D eigenvalue weighted by molar-refractivity contribution is 9.10. The van der Waals surface area contributed by atoms with Crippen LogP contribution in [0.2, 0.25) is 0 Å². The number of nitrogens with one attached hydrogen (secondary N) is 1. The van der Waals surface area contributed by atoms with Gasteiger partial charge in [-0.3, -0.25) is 4.79 Å². The van der Waals surface area contributed by atoms with Crippen LogP contribution in [-0.2, 0) is 0 Å². The van der Waals surface area contributed by atoms with Crippen molar-refractivity contribution in [2.75, 3.05) is 14.2 Å². The zero-order chi connectivity index (χ0) is 15.9. The standard InChI is InChI=1S/C16H15BrN2O3/c1-21-14-7-6-12(15(9-14)22-2)10-18-19-16(20)11-4-3-5-13(17)8-11/h3-10H,1-2H3,(H,19,20)/b18-10+. The molecule has 0 saturated carbocycles. The van der Waals surface area contributed by atoms with Gasteiger partial charge in [-0.25, -0.2) is 5.43 Å². The fraction of sp³-hybridized carbons (Fsp3) is 0.125. The first-order chi connectivity index (χ1) is 10.6. The number of carbonyl (C=O) groups is 1. The van der Waals surface area contributed by atoms with Gasteiger partial charge in [0.05, 0.1) is 20.4 Å². The molecule has 0 radical (unpaired) electrons. The Morgan fingerprint density at radius 1 is 1.18 bits per heavy atom. The first-order valence-electron chi connectivity index (χ1n) is 6.45. The molecule has 0 fully saturated rings. The van der Waals surface area contributed by atoms with Gasteiger partial charge in [0.2, 0.25) is 0 Å². The molecule has 5 nitrogen and oxygen atoms in total. The Balaban J connectivity index is 2.08. The third-order valence-electron chi connectivity index (χ3n) is 2.90. The molecule has 0 aromatic heterocycles. The fourth-order valence-corrected chi connectivity index (χ4v) is 2.18. The summed E-state index contributed by atoms with van der Waals surface area (Å²) in [7, 11) is 3.15. The highest BCUT2D eigenvalue weighted by Gasteiger charge is 2.05. The van der Waals surface area contributed by atoms with Crippen LogP contribution in [0.3, 0.4) is 0 Å². The van der Waals surface area contributed by atoms with Crippen molar-refractivity contribution < 1.29 is 14.3 Å². The van der Waals surface area contributed by atoms with E-state index in [0.29, 0.717) is 17.1 Å². The molecule has 0 saturated heterocycles. The summed E-state index contributed by atoms with van der Waals surface area (Å²) in [6, 6.07) is 12.4. The van der Waals surface area contributed by atoms with Crippen LogP contribution < -0.4 is 14.9 Å². The Bertz CT molecular complexity index is 702. The minimum atomic E-state index is -0.287. The Hall–Kier alpha value is -2.34. The topological polar surface area (TPSA) is 59.9 Å². The van der Waals surface area contributed by atoms with Crippen LogP contribution in [0, 0.1) is 0 Å². The number of methoxy groups -OCH3 is 2. The van der Waals surface area contributed by atoms with Crippen LogP contribution in [0.25, 0.3) is 0 Å². The molecule has 2 aromatic rings. The third-order valence-corrected chi connectivity index (χ3v) is 3.39. The average molecular weight is 363 g/mol. The van der Waals surface area contributed by atoms with Gasteiger partial charge in [-0.05, 0) is 30.3 Å². The van der Waals surface area contributed by atoms with Crippen molar-refractivity contribution in [3.8, 4) is 11.5 Å². The number of carbonyl (C=O) groups excluding carboxylic acids is 1. The maximum atomic E-state index is 11.9. The molecule has 0 heterocycles. The zero-order valence-corrected chi connectivity index (χ0v) is 13.8. The Labute approximate surface area is 137 Å². The van der Waals surface area contributed by atoms with Crippen molar-refractivity contribution in [1.82, 2.24) is 5.43 Å². The summed E-state index contributed by atoms with van der Waals surface area (Å²) in [6.45, 7) is 0. The molecule has 0 aliphatic rings. The van der Waals surface area contributed by atoms with Crippen LogP contribution in [-0.4, -0.2) is 26.3 Å². The Morgan fingerprint density at radius 2 is 2.00 bits per heavy atom. The Kier molecular flexibility index (Phi) is 5.55. The average Bonchev–Trinajstić information content (AvgIpc) is 2.54. The SMILES string of the molecule is COc1ccc(/C=N/NC(=O)c2cccc(Br)c2)c(OC)c1. The smallest absolute Gasteiger partial charge is 0.271 e. The van der Waals surface area contributed by atoms with Gasteiger partial charge in [0, 0.05) is 21.7 Å². The lowest BCUT2D eigenvalue weighted by Crippen LogP contribution is -2.17. The lowest BCUT2D eigenvalue weighted by molar-refractivity contribution is 0.0955. The van der Waals surface area contributed by atoms with Crippen molar-refractivity contribution in [3.63, 3.8) is 0 Å². The predicted molar refractivity (Wildman–Crippen MR) is 88.7 cm³/mol. The monoisotopic (exact) mass is 362 g/mol. The van der Waals surface area contributed by atoms with Crippen LogP contribution in [0.15, 0.2) is 52.0 Å². The van der Waals surface area contributed by atoms with E-state index in [1.807, 2.05) is 6.07 Å². The zero-order valence-electron chi connectivity index (χ0n) is 12.2. The first kappa shape index (κ1) is 16.0. The van der Waals surface area contributed by atoms with Gasteiger partial charge in [-0.15, -0.1) is 0 Å². The molecule has 114 valence electrons. The summed E-state index contributed by atoms with van der Waals surface area (Å²) < 4.78 is 11.2. The lowest BCUT2D eigenvalue weighted by Gasteiger charge is -2.07. The van der Waals surface area contributed by atoms with Crippen LogP contribution >= 0.6 is 15.9 Å². The van der Waals surface area contributed by atoms with Crippen LogP contribution in [0.5, 0.6) is 11.5 Å². The number of amides is 1. The number of halogens is 1. The summed E-state index contributed by atoms with van der Waals surface area (Å²) >= 11 is 3.32. The summed E-state index contributed by atoms with van der Waals surface area (Å²) in [6.07, 6.45) is 1.52. The quantitative estimate of drug-likeness (QED) is 0.656. The molecule has 0 spiro atoms. The normalized spacial score (nSPS) is 10.5. The number of hydrogen-bond acceptors (Lipinski definition) is 4. The fourth-order valence-electron chi connectivity index (χ4n) is 1.78. The second kappa shape index (κ2) is 7.61. The summed E-state index contributed by atoms with van der Waals surface area (Å²) in [4.78, 5) is 11.9. The number of benzene rings is 2. The van der Waals surface area contributed by atoms with Gasteiger partial charge in [0.25, 0.3) is 5.91 Å². The molecule has 0 aliphatic heterocycles. The maximum absolute atomic E-state index is 11.9. The molecule has 22 heavy (non-hydrogen) atoms. The highest BCUT2D eigenvalue weighted by Crippen LogP contribution is 2.23. The second-order valence-electron chi connectivity index (χ2n) is 4.32. The molecule has 2 rings (SSSR count). The molecule has 1 amide bonds. The van der Waals surface area contributed by atoms with Gasteiger partial charge >= 0.3 is 0 Å². The summed E-state index contributed by atoms with van der Waals surface area (Å²) in [5, 5.41) is 3.95. The molecular weight excluding hydrogens is 348 g/mol. The predicted octanol–water partition coefficient (Wildman–Crippen LogP) is 3.23. The number of rotatable bonds is 5. The number of hydrogen-bond donors (Lipinski definition) is 1. The second-order valence-corrected chi connectivity index (χ2v) is 5.23. The molecule has 1 N–H and O–H groups in total. The minimum absolute atomic E-state index is 0.287. The van der Waals surface area contributed by atoms with E-state index < -0.39 is 0 Å².